The fraction of sp³-hybridized carbons (Fsp3) is 0.312. The highest BCUT2D eigenvalue weighted by Crippen LogP contribution is 2.39. The molecule has 104 valence electrons. The minimum absolute atomic E-state index is 0.0681. The normalized spacial score (nSPS) is 16.9. The molecule has 1 aliphatic heterocycles. The van der Waals surface area contributed by atoms with Crippen molar-refractivity contribution in [1.29, 1.82) is 0 Å². The largest absolute Gasteiger partial charge is 0.376 e. The third-order valence-corrected chi connectivity index (χ3v) is 4.67. The van der Waals surface area contributed by atoms with E-state index in [1.165, 1.54) is 10.5 Å². The average Bonchev–Trinajstić information content (AvgIpc) is 2.86. The molecule has 0 spiro atoms. The zero-order valence-corrected chi connectivity index (χ0v) is 12.3. The summed E-state index contributed by atoms with van der Waals surface area (Å²) in [6, 6.07) is 12.3. The molecule has 0 aliphatic carbocycles. The van der Waals surface area contributed by atoms with Crippen molar-refractivity contribution in [3.63, 3.8) is 0 Å². The van der Waals surface area contributed by atoms with Crippen LogP contribution in [0, 0.1) is 0 Å². The number of nitrogens with one attached hydrogen (secondary N) is 1. The monoisotopic (exact) mass is 286 g/mol. The van der Waals surface area contributed by atoms with E-state index in [-0.39, 0.29) is 5.56 Å². The quantitative estimate of drug-likeness (QED) is 0.934. The topological polar surface area (TPSA) is 34.0 Å². The zero-order chi connectivity index (χ0) is 13.9. The zero-order valence-electron chi connectivity index (χ0n) is 11.5. The van der Waals surface area contributed by atoms with E-state index in [4.69, 9.17) is 0 Å². The maximum Gasteiger partial charge on any atom is 0.250 e. The molecular weight excluding hydrogens is 268 g/mol. The van der Waals surface area contributed by atoms with Crippen LogP contribution >= 0.6 is 11.8 Å². The van der Waals surface area contributed by atoms with Gasteiger partial charge < -0.3 is 9.88 Å². The first-order valence-corrected chi connectivity index (χ1v) is 7.95. The molecule has 1 unspecified atom stereocenters. The van der Waals surface area contributed by atoms with Gasteiger partial charge in [0, 0.05) is 29.5 Å². The van der Waals surface area contributed by atoms with Gasteiger partial charge in [0.25, 0.3) is 5.56 Å². The predicted octanol–water partition coefficient (Wildman–Crippen LogP) is 3.52. The van der Waals surface area contributed by atoms with Crippen LogP contribution in [0.2, 0.25) is 0 Å². The van der Waals surface area contributed by atoms with Gasteiger partial charge in [-0.25, -0.2) is 0 Å². The van der Waals surface area contributed by atoms with Crippen LogP contribution in [0.25, 0.3) is 0 Å². The Bertz CT molecular complexity index is 666. The summed E-state index contributed by atoms with van der Waals surface area (Å²) in [5.41, 5.74) is 2.43. The lowest BCUT2D eigenvalue weighted by Crippen LogP contribution is -2.20. The summed E-state index contributed by atoms with van der Waals surface area (Å²) < 4.78 is 1.77. The van der Waals surface area contributed by atoms with Crippen molar-refractivity contribution < 1.29 is 0 Å². The van der Waals surface area contributed by atoms with Crippen LogP contribution in [-0.4, -0.2) is 10.3 Å². The summed E-state index contributed by atoms with van der Waals surface area (Å²) in [6.07, 6.45) is 2.89. The van der Waals surface area contributed by atoms with Crippen LogP contribution in [-0.2, 0) is 6.54 Å². The van der Waals surface area contributed by atoms with Gasteiger partial charge >= 0.3 is 0 Å². The second-order valence-electron chi connectivity index (χ2n) is 5.00. The number of rotatable bonds is 4. The molecule has 0 bridgehead atoms. The molecule has 20 heavy (non-hydrogen) atoms. The summed E-state index contributed by atoms with van der Waals surface area (Å²) in [5, 5.41) is 3.54. The van der Waals surface area contributed by atoms with Crippen LogP contribution < -0.4 is 10.9 Å². The van der Waals surface area contributed by atoms with Crippen LogP contribution in [0.4, 0.5) is 5.69 Å². The van der Waals surface area contributed by atoms with E-state index in [9.17, 15) is 4.79 Å². The van der Waals surface area contributed by atoms with Gasteiger partial charge in [0.15, 0.2) is 0 Å². The van der Waals surface area contributed by atoms with E-state index in [1.54, 1.807) is 10.6 Å². The fourth-order valence-corrected chi connectivity index (χ4v) is 3.68. The predicted molar refractivity (Wildman–Crippen MR) is 84.5 cm³/mol. The second-order valence-corrected chi connectivity index (χ2v) is 6.06. The first-order chi connectivity index (χ1) is 9.78. The van der Waals surface area contributed by atoms with E-state index >= 15 is 0 Å². The van der Waals surface area contributed by atoms with Crippen molar-refractivity contribution in [2.75, 3.05) is 11.1 Å². The molecule has 0 radical (unpaired) electrons. The number of fused-ring (bicyclic) bond motifs is 1. The lowest BCUT2D eigenvalue weighted by molar-refractivity contribution is 0.654. The average molecular weight is 286 g/mol. The molecule has 0 amide bonds. The second kappa shape index (κ2) is 5.75. The molecule has 3 rings (SSSR count). The Morgan fingerprint density at radius 1 is 1.30 bits per heavy atom. The van der Waals surface area contributed by atoms with Crippen LogP contribution in [0.5, 0.6) is 0 Å². The maximum atomic E-state index is 11.7. The molecule has 3 nitrogen and oxygen atoms in total. The van der Waals surface area contributed by atoms with Crippen molar-refractivity contribution in [3.05, 3.63) is 58.5 Å². The number of anilines is 1. The van der Waals surface area contributed by atoms with Gasteiger partial charge in [-0.3, -0.25) is 4.79 Å². The van der Waals surface area contributed by atoms with Crippen LogP contribution in [0.3, 0.4) is 0 Å². The van der Waals surface area contributed by atoms with Gasteiger partial charge in [0.05, 0.1) is 11.7 Å². The third-order valence-electron chi connectivity index (χ3n) is 3.49. The standard InChI is InChI=1S/C16H18N2OS/c1-2-9-18-10-12(7-8-16(18)19)17-14-11-20-15-6-4-3-5-13(14)15/h3-8,10,14,17H,2,9,11H2,1H3. The highest BCUT2D eigenvalue weighted by Gasteiger charge is 2.22. The number of hydrogen-bond donors (Lipinski definition) is 1. The minimum atomic E-state index is 0.0681. The molecule has 1 N–H and O–H groups in total. The lowest BCUT2D eigenvalue weighted by atomic mass is 10.1. The molecule has 1 aromatic heterocycles. The summed E-state index contributed by atoms with van der Waals surface area (Å²) in [7, 11) is 0. The summed E-state index contributed by atoms with van der Waals surface area (Å²) in [4.78, 5) is 13.1. The fourth-order valence-electron chi connectivity index (χ4n) is 2.52. The lowest BCUT2D eigenvalue weighted by Gasteiger charge is -2.16. The smallest absolute Gasteiger partial charge is 0.250 e. The molecule has 4 heteroatoms. The molecule has 1 aliphatic rings. The number of aryl methyl sites for hydroxylation is 1. The Morgan fingerprint density at radius 2 is 2.15 bits per heavy atom. The summed E-state index contributed by atoms with van der Waals surface area (Å²) >= 11 is 1.88. The molecule has 1 atom stereocenters. The van der Waals surface area contributed by atoms with E-state index < -0.39 is 0 Å². The van der Waals surface area contributed by atoms with E-state index in [2.05, 4.69) is 36.5 Å². The molecule has 0 fully saturated rings. The SMILES string of the molecule is CCCn1cc(NC2CSc3ccccc32)ccc1=O. The number of aromatic nitrogens is 1. The molecular formula is C16H18N2OS. The van der Waals surface area contributed by atoms with E-state index in [1.807, 2.05) is 24.0 Å². The molecule has 2 heterocycles. The Labute approximate surface area is 123 Å². The highest BCUT2D eigenvalue weighted by atomic mass is 32.2. The van der Waals surface area contributed by atoms with Crippen molar-refractivity contribution in [2.24, 2.45) is 0 Å². The molecule has 2 aromatic rings. The first kappa shape index (κ1) is 13.3. The summed E-state index contributed by atoms with van der Waals surface area (Å²) in [6.45, 7) is 2.85. The number of hydrogen-bond acceptors (Lipinski definition) is 3. The van der Waals surface area contributed by atoms with Crippen molar-refractivity contribution in [1.82, 2.24) is 4.57 Å². The maximum absolute atomic E-state index is 11.7. The van der Waals surface area contributed by atoms with Gasteiger partial charge in [0.2, 0.25) is 0 Å². The van der Waals surface area contributed by atoms with Crippen molar-refractivity contribution >= 4 is 17.4 Å². The van der Waals surface area contributed by atoms with Crippen LogP contribution in [0.15, 0.2) is 52.3 Å². The number of benzene rings is 1. The number of pyridine rings is 1. The van der Waals surface area contributed by atoms with Crippen LogP contribution in [0.1, 0.15) is 24.9 Å². The third kappa shape index (κ3) is 2.61. The Hall–Kier alpha value is -1.68. The van der Waals surface area contributed by atoms with Gasteiger partial charge in [0.1, 0.15) is 0 Å². The Morgan fingerprint density at radius 3 is 3.00 bits per heavy atom. The van der Waals surface area contributed by atoms with Gasteiger partial charge in [-0.15, -0.1) is 11.8 Å². The van der Waals surface area contributed by atoms with Gasteiger partial charge in [-0.05, 0) is 24.1 Å². The molecule has 1 aromatic carbocycles. The number of nitrogens with zero attached hydrogens (tertiary/aromatic N) is 1. The van der Waals surface area contributed by atoms with Gasteiger partial charge in [-0.1, -0.05) is 25.1 Å². The Balaban J connectivity index is 1.82. The first-order valence-electron chi connectivity index (χ1n) is 6.96. The van der Waals surface area contributed by atoms with Gasteiger partial charge in [-0.2, -0.15) is 0 Å². The molecule has 0 saturated carbocycles. The van der Waals surface area contributed by atoms with E-state index in [0.717, 1.165) is 24.4 Å². The van der Waals surface area contributed by atoms with Crippen molar-refractivity contribution in [2.45, 2.75) is 30.8 Å². The Kier molecular flexibility index (Phi) is 3.83. The molecule has 0 saturated heterocycles. The minimum Gasteiger partial charge on any atom is -0.376 e. The highest BCUT2D eigenvalue weighted by molar-refractivity contribution is 7.99. The number of thioether (sulfide) groups is 1. The van der Waals surface area contributed by atoms with Crippen molar-refractivity contribution in [3.8, 4) is 0 Å². The van der Waals surface area contributed by atoms with E-state index in [0.29, 0.717) is 6.04 Å². The summed E-state index contributed by atoms with van der Waals surface area (Å²) in [5.74, 6) is 1.03.